The van der Waals surface area contributed by atoms with Gasteiger partial charge in [-0.15, -0.1) is 12.4 Å². The fourth-order valence-corrected chi connectivity index (χ4v) is 3.64. The second-order valence-corrected chi connectivity index (χ2v) is 6.63. The van der Waals surface area contributed by atoms with Crippen LogP contribution in [-0.4, -0.2) is 30.9 Å². The highest BCUT2D eigenvalue weighted by molar-refractivity contribution is 6.30. The zero-order chi connectivity index (χ0) is 14.2. The lowest BCUT2D eigenvalue weighted by molar-refractivity contribution is -0.132. The first-order valence-corrected chi connectivity index (χ1v) is 7.69. The number of halogens is 2. The Morgan fingerprint density at radius 1 is 1.43 bits per heavy atom. The molecule has 3 rings (SSSR count). The van der Waals surface area contributed by atoms with Crippen LogP contribution in [0.25, 0.3) is 0 Å². The molecule has 0 radical (unpaired) electrons. The van der Waals surface area contributed by atoms with Gasteiger partial charge in [-0.2, -0.15) is 0 Å². The summed E-state index contributed by atoms with van der Waals surface area (Å²) < 4.78 is 0. The molecule has 2 aliphatic rings. The summed E-state index contributed by atoms with van der Waals surface area (Å²) in [6.45, 7) is 2.76. The Bertz CT molecular complexity index is 515. The molecule has 1 saturated carbocycles. The van der Waals surface area contributed by atoms with Crippen LogP contribution in [0.2, 0.25) is 5.02 Å². The van der Waals surface area contributed by atoms with Crippen LogP contribution in [-0.2, 0) is 11.3 Å². The number of nitrogens with one attached hydrogen (secondary N) is 1. The molecule has 1 saturated heterocycles. The summed E-state index contributed by atoms with van der Waals surface area (Å²) in [4.78, 5) is 14.4. The first-order chi connectivity index (χ1) is 9.61. The van der Waals surface area contributed by atoms with E-state index < -0.39 is 0 Å². The molecule has 1 aliphatic carbocycles. The van der Waals surface area contributed by atoms with Crippen molar-refractivity contribution in [3.8, 4) is 0 Å². The van der Waals surface area contributed by atoms with Crippen molar-refractivity contribution in [3.63, 3.8) is 0 Å². The highest BCUT2D eigenvalue weighted by Crippen LogP contribution is 2.59. The zero-order valence-corrected chi connectivity index (χ0v) is 13.8. The van der Waals surface area contributed by atoms with Crippen molar-refractivity contribution in [2.24, 2.45) is 11.3 Å². The standard InChI is InChI=1S/C16H21ClN2O.ClH/c1-19(11-12-3-2-4-13(17)9-12)15(20)14-10-16(14)5-7-18-8-6-16;/h2-4,9,14,18H,5-8,10-11H2,1H3;1H. The molecule has 5 heteroatoms. The monoisotopic (exact) mass is 328 g/mol. The molecule has 1 amide bonds. The minimum atomic E-state index is 0. The molecule has 2 fully saturated rings. The van der Waals surface area contributed by atoms with Crippen molar-refractivity contribution in [2.75, 3.05) is 20.1 Å². The first-order valence-electron chi connectivity index (χ1n) is 7.31. The lowest BCUT2D eigenvalue weighted by atomic mass is 9.91. The Hall–Kier alpha value is -0.770. The van der Waals surface area contributed by atoms with E-state index in [1.807, 2.05) is 36.2 Å². The Labute approximate surface area is 137 Å². The molecule has 1 spiro atoms. The highest BCUT2D eigenvalue weighted by atomic mass is 35.5. The van der Waals surface area contributed by atoms with Crippen LogP contribution in [0.15, 0.2) is 24.3 Å². The van der Waals surface area contributed by atoms with Gasteiger partial charge < -0.3 is 10.2 Å². The van der Waals surface area contributed by atoms with Gasteiger partial charge in [-0.1, -0.05) is 23.7 Å². The number of hydrogen-bond donors (Lipinski definition) is 1. The van der Waals surface area contributed by atoms with Crippen LogP contribution < -0.4 is 5.32 Å². The molecule has 1 aromatic rings. The number of nitrogens with zero attached hydrogens (tertiary/aromatic N) is 1. The fraction of sp³-hybridized carbons (Fsp3) is 0.562. The summed E-state index contributed by atoms with van der Waals surface area (Å²) in [7, 11) is 1.90. The van der Waals surface area contributed by atoms with Crippen LogP contribution >= 0.6 is 24.0 Å². The molecular formula is C16H22Cl2N2O. The smallest absolute Gasteiger partial charge is 0.226 e. The average molecular weight is 329 g/mol. The van der Waals surface area contributed by atoms with Crippen LogP contribution in [0.5, 0.6) is 0 Å². The summed E-state index contributed by atoms with van der Waals surface area (Å²) in [6.07, 6.45) is 3.37. The van der Waals surface area contributed by atoms with E-state index in [-0.39, 0.29) is 18.3 Å². The number of carbonyl (C=O) groups excluding carboxylic acids is 1. The third-order valence-electron chi connectivity index (χ3n) is 4.77. The summed E-state index contributed by atoms with van der Waals surface area (Å²) >= 11 is 5.99. The van der Waals surface area contributed by atoms with Crippen molar-refractivity contribution in [1.82, 2.24) is 10.2 Å². The summed E-state index contributed by atoms with van der Waals surface area (Å²) in [6, 6.07) is 7.74. The SMILES string of the molecule is CN(Cc1cccc(Cl)c1)C(=O)C1CC12CCNCC2.Cl. The topological polar surface area (TPSA) is 32.3 Å². The lowest BCUT2D eigenvalue weighted by Gasteiger charge is -2.25. The maximum Gasteiger partial charge on any atom is 0.226 e. The third kappa shape index (κ3) is 3.53. The molecule has 1 aromatic carbocycles. The van der Waals surface area contributed by atoms with Crippen LogP contribution in [0.4, 0.5) is 0 Å². The number of carbonyl (C=O) groups is 1. The molecule has 21 heavy (non-hydrogen) atoms. The Morgan fingerprint density at radius 3 is 2.81 bits per heavy atom. The van der Waals surface area contributed by atoms with E-state index in [4.69, 9.17) is 11.6 Å². The number of benzene rings is 1. The molecule has 1 heterocycles. The minimum absolute atomic E-state index is 0. The Morgan fingerprint density at radius 2 is 2.14 bits per heavy atom. The van der Waals surface area contributed by atoms with Crippen LogP contribution in [0.3, 0.4) is 0 Å². The van der Waals surface area contributed by atoms with Crippen molar-refractivity contribution < 1.29 is 4.79 Å². The van der Waals surface area contributed by atoms with Crippen molar-refractivity contribution in [2.45, 2.75) is 25.8 Å². The van der Waals surface area contributed by atoms with E-state index >= 15 is 0 Å². The van der Waals surface area contributed by atoms with Gasteiger partial charge in [-0.3, -0.25) is 4.79 Å². The van der Waals surface area contributed by atoms with Gasteiger partial charge in [-0.25, -0.2) is 0 Å². The quantitative estimate of drug-likeness (QED) is 0.924. The van der Waals surface area contributed by atoms with Crippen molar-refractivity contribution in [3.05, 3.63) is 34.9 Å². The third-order valence-corrected chi connectivity index (χ3v) is 5.01. The van der Waals surface area contributed by atoms with Gasteiger partial charge in [0.25, 0.3) is 0 Å². The lowest BCUT2D eigenvalue weighted by Crippen LogP contribution is -2.34. The summed E-state index contributed by atoms with van der Waals surface area (Å²) in [5.74, 6) is 0.542. The van der Waals surface area contributed by atoms with Gasteiger partial charge >= 0.3 is 0 Å². The number of rotatable bonds is 3. The van der Waals surface area contributed by atoms with E-state index in [0.29, 0.717) is 17.9 Å². The van der Waals surface area contributed by atoms with Crippen molar-refractivity contribution >= 4 is 29.9 Å². The summed E-state index contributed by atoms with van der Waals surface area (Å²) in [5.41, 5.74) is 1.40. The van der Waals surface area contributed by atoms with E-state index in [1.54, 1.807) is 0 Å². The fourth-order valence-electron chi connectivity index (χ4n) is 3.43. The van der Waals surface area contributed by atoms with E-state index in [1.165, 1.54) is 0 Å². The van der Waals surface area contributed by atoms with Gasteiger partial charge in [0.1, 0.15) is 0 Å². The normalized spacial score (nSPS) is 22.5. The molecule has 1 N–H and O–H groups in total. The number of amides is 1. The largest absolute Gasteiger partial charge is 0.341 e. The molecule has 1 atom stereocenters. The van der Waals surface area contributed by atoms with Gasteiger partial charge in [0.2, 0.25) is 5.91 Å². The van der Waals surface area contributed by atoms with Crippen LogP contribution in [0, 0.1) is 11.3 Å². The van der Waals surface area contributed by atoms with E-state index in [2.05, 4.69) is 5.32 Å². The first kappa shape index (κ1) is 16.6. The van der Waals surface area contributed by atoms with E-state index in [9.17, 15) is 4.79 Å². The number of hydrogen-bond acceptors (Lipinski definition) is 2. The predicted molar refractivity (Wildman–Crippen MR) is 87.8 cm³/mol. The molecule has 116 valence electrons. The second-order valence-electron chi connectivity index (χ2n) is 6.19. The molecular weight excluding hydrogens is 307 g/mol. The second kappa shape index (κ2) is 6.55. The molecule has 3 nitrogen and oxygen atoms in total. The maximum atomic E-state index is 12.5. The average Bonchev–Trinajstić information content (AvgIpc) is 3.12. The highest BCUT2D eigenvalue weighted by Gasteiger charge is 2.58. The molecule has 0 aromatic heterocycles. The Balaban J connectivity index is 0.00000161. The van der Waals surface area contributed by atoms with E-state index in [0.717, 1.165) is 42.9 Å². The van der Waals surface area contributed by atoms with Gasteiger partial charge in [-0.05, 0) is 55.5 Å². The van der Waals surface area contributed by atoms with Crippen LogP contribution in [0.1, 0.15) is 24.8 Å². The molecule has 0 bridgehead atoms. The Kier molecular flexibility index (Phi) is 5.18. The molecule has 1 aliphatic heterocycles. The summed E-state index contributed by atoms with van der Waals surface area (Å²) in [5, 5.41) is 4.10. The van der Waals surface area contributed by atoms with Gasteiger partial charge in [0.05, 0.1) is 0 Å². The predicted octanol–water partition coefficient (Wildman–Crippen LogP) is 3.11. The van der Waals surface area contributed by atoms with Gasteiger partial charge in [0, 0.05) is 24.5 Å². The minimum Gasteiger partial charge on any atom is -0.341 e. The van der Waals surface area contributed by atoms with Gasteiger partial charge in [0.15, 0.2) is 0 Å². The molecule has 1 unspecified atom stereocenters. The maximum absolute atomic E-state index is 12.5. The number of piperidine rings is 1. The zero-order valence-electron chi connectivity index (χ0n) is 12.3. The van der Waals surface area contributed by atoms with Crippen molar-refractivity contribution in [1.29, 1.82) is 0 Å².